The lowest BCUT2D eigenvalue weighted by Crippen LogP contribution is -2.14. The van der Waals surface area contributed by atoms with E-state index >= 15 is 0 Å². The van der Waals surface area contributed by atoms with Crippen LogP contribution in [-0.4, -0.2) is 5.78 Å². The number of allylic oxidation sites excluding steroid dienone is 2. The second-order valence-corrected chi connectivity index (χ2v) is 5.76. The van der Waals surface area contributed by atoms with Gasteiger partial charge >= 0.3 is 0 Å². The van der Waals surface area contributed by atoms with Gasteiger partial charge in [0.1, 0.15) is 0 Å². The van der Waals surface area contributed by atoms with E-state index in [-0.39, 0.29) is 5.78 Å². The Morgan fingerprint density at radius 2 is 1.62 bits per heavy atom. The zero-order chi connectivity index (χ0) is 14.5. The largest absolute Gasteiger partial charge is 0.294 e. The third-order valence-electron chi connectivity index (χ3n) is 4.23. The van der Waals surface area contributed by atoms with Crippen molar-refractivity contribution in [2.75, 3.05) is 0 Å². The highest BCUT2D eigenvalue weighted by molar-refractivity contribution is 5.96. The van der Waals surface area contributed by atoms with Crippen LogP contribution in [0.4, 0.5) is 0 Å². The minimum atomic E-state index is 0.249. The average Bonchev–Trinajstić information content (AvgIpc) is 2.57. The Bertz CT molecular complexity index is 613. The first kappa shape index (κ1) is 13.8. The quantitative estimate of drug-likeness (QED) is 0.566. The van der Waals surface area contributed by atoms with Crippen molar-refractivity contribution in [1.29, 1.82) is 0 Å². The van der Waals surface area contributed by atoms with E-state index in [1.165, 1.54) is 5.56 Å². The summed E-state index contributed by atoms with van der Waals surface area (Å²) in [4.78, 5) is 12.3. The molecule has 0 fully saturated rings. The van der Waals surface area contributed by atoms with E-state index in [1.54, 1.807) is 0 Å². The van der Waals surface area contributed by atoms with Crippen molar-refractivity contribution < 1.29 is 4.79 Å². The minimum absolute atomic E-state index is 0.249. The Morgan fingerprint density at radius 1 is 0.952 bits per heavy atom. The Labute approximate surface area is 126 Å². The van der Waals surface area contributed by atoms with Gasteiger partial charge in [0.05, 0.1) is 0 Å². The van der Waals surface area contributed by atoms with E-state index in [9.17, 15) is 4.79 Å². The first-order valence-electron chi connectivity index (χ1n) is 7.63. The average molecular weight is 276 g/mol. The van der Waals surface area contributed by atoms with Crippen LogP contribution in [-0.2, 0) is 0 Å². The second kappa shape index (κ2) is 6.53. The van der Waals surface area contributed by atoms with Crippen LogP contribution in [0.3, 0.4) is 0 Å². The van der Waals surface area contributed by atoms with Crippen molar-refractivity contribution in [3.63, 3.8) is 0 Å². The number of rotatable bonds is 4. The van der Waals surface area contributed by atoms with E-state index in [4.69, 9.17) is 0 Å². The zero-order valence-corrected chi connectivity index (χ0v) is 12.1. The Hall–Kier alpha value is -2.15. The van der Waals surface area contributed by atoms with Crippen molar-refractivity contribution >= 4 is 5.78 Å². The molecule has 21 heavy (non-hydrogen) atoms. The summed E-state index contributed by atoms with van der Waals surface area (Å²) in [5.74, 6) is 1.15. The predicted octanol–water partition coefficient (Wildman–Crippen LogP) is 5.01. The smallest absolute Gasteiger partial charge is 0.163 e. The van der Waals surface area contributed by atoms with Crippen LogP contribution in [0.25, 0.3) is 0 Å². The fourth-order valence-electron chi connectivity index (χ4n) is 3.10. The van der Waals surface area contributed by atoms with Gasteiger partial charge in [0, 0.05) is 12.0 Å². The standard InChI is InChI=1S/C20H20O/c21-20(18-11-5-2-6-12-18)15-16-8-7-13-19(14-16)17-9-3-1-4-10-17/h1-12,16,19H,13-15H2/t16?,19-/m1/s1. The van der Waals surface area contributed by atoms with E-state index in [2.05, 4.69) is 42.5 Å². The number of ketones is 1. The second-order valence-electron chi connectivity index (χ2n) is 5.76. The Morgan fingerprint density at radius 3 is 2.33 bits per heavy atom. The molecular formula is C20H20O. The van der Waals surface area contributed by atoms with Gasteiger partial charge in [0.25, 0.3) is 0 Å². The maximum atomic E-state index is 12.3. The highest BCUT2D eigenvalue weighted by Crippen LogP contribution is 2.34. The maximum Gasteiger partial charge on any atom is 0.163 e. The number of carbonyl (C=O) groups excluding carboxylic acids is 1. The molecule has 1 nitrogen and oxygen atoms in total. The van der Waals surface area contributed by atoms with Gasteiger partial charge in [-0.2, -0.15) is 0 Å². The number of Topliss-reactive ketones (excluding diaryl/α,β-unsaturated/α-hetero) is 1. The molecule has 0 aliphatic heterocycles. The molecule has 0 saturated carbocycles. The summed E-state index contributed by atoms with van der Waals surface area (Å²) in [7, 11) is 0. The van der Waals surface area contributed by atoms with Gasteiger partial charge in [-0.3, -0.25) is 4.79 Å². The molecule has 2 atom stereocenters. The summed E-state index contributed by atoms with van der Waals surface area (Å²) in [5, 5.41) is 0. The number of hydrogen-bond donors (Lipinski definition) is 0. The van der Waals surface area contributed by atoms with Gasteiger partial charge < -0.3 is 0 Å². The minimum Gasteiger partial charge on any atom is -0.294 e. The van der Waals surface area contributed by atoms with Gasteiger partial charge in [-0.05, 0) is 30.2 Å². The van der Waals surface area contributed by atoms with Gasteiger partial charge in [-0.15, -0.1) is 0 Å². The molecule has 0 saturated heterocycles. The lowest BCUT2D eigenvalue weighted by atomic mass is 9.80. The monoisotopic (exact) mass is 276 g/mol. The summed E-state index contributed by atoms with van der Waals surface area (Å²) in [6.07, 6.45) is 7.23. The highest BCUT2D eigenvalue weighted by Gasteiger charge is 2.21. The fraction of sp³-hybridized carbons (Fsp3) is 0.250. The molecule has 0 bridgehead atoms. The number of hydrogen-bond acceptors (Lipinski definition) is 1. The SMILES string of the molecule is O=C(CC1C=CC[C@@H](c2ccccc2)C1)c1ccccc1. The highest BCUT2D eigenvalue weighted by atomic mass is 16.1. The van der Waals surface area contributed by atoms with Gasteiger partial charge in [-0.25, -0.2) is 0 Å². The topological polar surface area (TPSA) is 17.1 Å². The molecule has 0 heterocycles. The van der Waals surface area contributed by atoms with E-state index in [1.807, 2.05) is 30.3 Å². The molecule has 0 radical (unpaired) electrons. The van der Waals surface area contributed by atoms with Crippen LogP contribution < -0.4 is 0 Å². The Balaban J connectivity index is 1.66. The number of benzene rings is 2. The normalized spacial score (nSPS) is 21.1. The molecule has 1 heteroatoms. The van der Waals surface area contributed by atoms with Crippen molar-refractivity contribution in [2.24, 2.45) is 5.92 Å². The Kier molecular flexibility index (Phi) is 4.30. The summed E-state index contributed by atoms with van der Waals surface area (Å²) in [6.45, 7) is 0. The molecule has 1 aliphatic carbocycles. The van der Waals surface area contributed by atoms with Gasteiger partial charge in [0.15, 0.2) is 5.78 Å². The van der Waals surface area contributed by atoms with Crippen LogP contribution in [0.15, 0.2) is 72.8 Å². The molecule has 0 amide bonds. The maximum absolute atomic E-state index is 12.3. The molecule has 1 aliphatic rings. The van der Waals surface area contributed by atoms with E-state index in [0.29, 0.717) is 18.3 Å². The fourth-order valence-corrected chi connectivity index (χ4v) is 3.10. The third-order valence-corrected chi connectivity index (χ3v) is 4.23. The van der Waals surface area contributed by atoms with Crippen molar-refractivity contribution in [1.82, 2.24) is 0 Å². The van der Waals surface area contributed by atoms with Crippen molar-refractivity contribution in [3.8, 4) is 0 Å². The molecule has 0 N–H and O–H groups in total. The first-order chi connectivity index (χ1) is 10.3. The van der Waals surface area contributed by atoms with Crippen LogP contribution in [0.5, 0.6) is 0 Å². The lowest BCUT2D eigenvalue weighted by molar-refractivity contribution is 0.0965. The summed E-state index contributed by atoms with van der Waals surface area (Å²) < 4.78 is 0. The number of carbonyl (C=O) groups is 1. The van der Waals surface area contributed by atoms with Crippen LogP contribution in [0.2, 0.25) is 0 Å². The van der Waals surface area contributed by atoms with Crippen LogP contribution >= 0.6 is 0 Å². The molecular weight excluding hydrogens is 256 g/mol. The first-order valence-corrected chi connectivity index (χ1v) is 7.63. The molecule has 106 valence electrons. The van der Waals surface area contributed by atoms with Gasteiger partial charge in [0.2, 0.25) is 0 Å². The van der Waals surface area contributed by atoms with E-state index < -0.39 is 0 Å². The molecule has 1 unspecified atom stereocenters. The predicted molar refractivity (Wildman–Crippen MR) is 86.4 cm³/mol. The van der Waals surface area contributed by atoms with E-state index in [0.717, 1.165) is 18.4 Å². The molecule has 3 rings (SSSR count). The summed E-state index contributed by atoms with van der Waals surface area (Å²) >= 11 is 0. The van der Waals surface area contributed by atoms with Crippen molar-refractivity contribution in [3.05, 3.63) is 83.9 Å². The van der Waals surface area contributed by atoms with Crippen LogP contribution in [0, 0.1) is 5.92 Å². The summed E-state index contributed by atoms with van der Waals surface area (Å²) in [5.41, 5.74) is 2.21. The van der Waals surface area contributed by atoms with Crippen molar-refractivity contribution in [2.45, 2.75) is 25.2 Å². The molecule has 2 aromatic rings. The molecule has 0 spiro atoms. The summed E-state index contributed by atoms with van der Waals surface area (Å²) in [6, 6.07) is 20.2. The lowest BCUT2D eigenvalue weighted by Gasteiger charge is -2.24. The molecule has 0 aromatic heterocycles. The molecule has 2 aromatic carbocycles. The van der Waals surface area contributed by atoms with Gasteiger partial charge in [-0.1, -0.05) is 72.8 Å². The zero-order valence-electron chi connectivity index (χ0n) is 12.1. The van der Waals surface area contributed by atoms with Crippen LogP contribution in [0.1, 0.15) is 41.1 Å². The third kappa shape index (κ3) is 3.49.